The summed E-state index contributed by atoms with van der Waals surface area (Å²) in [6.45, 7) is 4.51. The van der Waals surface area contributed by atoms with Crippen LogP contribution in [0.25, 0.3) is 0 Å². The average molecular weight is 343 g/mol. The molecule has 1 unspecified atom stereocenters. The van der Waals surface area contributed by atoms with Crippen molar-refractivity contribution in [2.45, 2.75) is 19.9 Å². The van der Waals surface area contributed by atoms with Gasteiger partial charge in [0.15, 0.2) is 0 Å². The summed E-state index contributed by atoms with van der Waals surface area (Å²) in [5.41, 5.74) is 2.52. The second-order valence-corrected chi connectivity index (χ2v) is 6.57. The van der Waals surface area contributed by atoms with Gasteiger partial charge in [0.2, 0.25) is 5.91 Å². The highest BCUT2D eigenvalue weighted by Crippen LogP contribution is 2.22. The lowest BCUT2D eigenvalue weighted by atomic mass is 10.1. The van der Waals surface area contributed by atoms with Crippen LogP contribution < -0.4 is 4.90 Å². The fraction of sp³-hybridized carbons (Fsp3) is 0.263. The van der Waals surface area contributed by atoms with Gasteiger partial charge >= 0.3 is 0 Å². The number of aryl methyl sites for hydroxylation is 1. The van der Waals surface area contributed by atoms with Crippen molar-refractivity contribution in [1.29, 1.82) is 0 Å². The van der Waals surface area contributed by atoms with Crippen LogP contribution in [0.1, 0.15) is 22.8 Å². The van der Waals surface area contributed by atoms with E-state index in [0.29, 0.717) is 17.1 Å². The van der Waals surface area contributed by atoms with Gasteiger partial charge in [-0.3, -0.25) is 9.59 Å². The first-order valence-corrected chi connectivity index (χ1v) is 8.27. The molecule has 4 nitrogen and oxygen atoms in total. The van der Waals surface area contributed by atoms with E-state index in [2.05, 4.69) is 0 Å². The number of hydrogen-bond acceptors (Lipinski definition) is 2. The van der Waals surface area contributed by atoms with Crippen molar-refractivity contribution in [3.8, 4) is 0 Å². The Kier molecular flexibility index (Phi) is 4.58. The smallest absolute Gasteiger partial charge is 0.254 e. The van der Waals surface area contributed by atoms with E-state index in [9.17, 15) is 9.59 Å². The van der Waals surface area contributed by atoms with Crippen LogP contribution in [0.4, 0.5) is 5.69 Å². The van der Waals surface area contributed by atoms with Gasteiger partial charge in [-0.15, -0.1) is 0 Å². The van der Waals surface area contributed by atoms with Crippen molar-refractivity contribution in [1.82, 2.24) is 4.90 Å². The number of hydrogen-bond donors (Lipinski definition) is 0. The predicted octanol–water partition coefficient (Wildman–Crippen LogP) is 3.53. The summed E-state index contributed by atoms with van der Waals surface area (Å²) in [7, 11) is 0. The molecule has 2 aromatic rings. The topological polar surface area (TPSA) is 40.6 Å². The van der Waals surface area contributed by atoms with Crippen molar-refractivity contribution in [2.75, 3.05) is 18.0 Å². The molecular weight excluding hydrogens is 324 g/mol. The molecule has 1 fully saturated rings. The largest absolute Gasteiger partial charge is 0.325 e. The second kappa shape index (κ2) is 6.65. The summed E-state index contributed by atoms with van der Waals surface area (Å²) in [4.78, 5) is 28.6. The molecule has 5 heteroatoms. The fourth-order valence-electron chi connectivity index (χ4n) is 2.88. The molecule has 0 saturated carbocycles. The van der Waals surface area contributed by atoms with E-state index in [-0.39, 0.29) is 24.4 Å². The first-order valence-electron chi connectivity index (χ1n) is 7.89. The number of nitrogens with zero attached hydrogens (tertiary/aromatic N) is 2. The molecule has 1 heterocycles. The Morgan fingerprint density at radius 3 is 2.54 bits per heavy atom. The molecule has 1 saturated heterocycles. The first-order chi connectivity index (χ1) is 11.5. The molecule has 0 N–H and O–H groups in total. The highest BCUT2D eigenvalue weighted by Gasteiger charge is 2.33. The number of benzene rings is 2. The van der Waals surface area contributed by atoms with Crippen LogP contribution in [0.3, 0.4) is 0 Å². The molecule has 124 valence electrons. The highest BCUT2D eigenvalue weighted by molar-refractivity contribution is 6.31. The van der Waals surface area contributed by atoms with Crippen LogP contribution in [0.15, 0.2) is 48.5 Å². The molecule has 0 aliphatic carbocycles. The number of piperazine rings is 1. The zero-order valence-electron chi connectivity index (χ0n) is 13.7. The molecule has 0 bridgehead atoms. The maximum absolute atomic E-state index is 12.7. The van der Waals surface area contributed by atoms with Gasteiger partial charge in [0.1, 0.15) is 6.54 Å². The van der Waals surface area contributed by atoms with Gasteiger partial charge in [-0.2, -0.15) is 0 Å². The van der Waals surface area contributed by atoms with Gasteiger partial charge in [-0.25, -0.2) is 0 Å². The average Bonchev–Trinajstić information content (AvgIpc) is 2.57. The SMILES string of the molecule is Cc1ccc(N2CC(C)N(C(=O)c3cccc(Cl)c3)CC2=O)cc1. The minimum Gasteiger partial charge on any atom is -0.325 e. The Hall–Kier alpha value is -2.33. The fourth-order valence-corrected chi connectivity index (χ4v) is 3.08. The molecule has 1 aliphatic heterocycles. The Morgan fingerprint density at radius 1 is 1.17 bits per heavy atom. The summed E-state index contributed by atoms with van der Waals surface area (Å²) in [6.07, 6.45) is 0. The molecule has 3 rings (SSSR count). The van der Waals surface area contributed by atoms with E-state index >= 15 is 0 Å². The van der Waals surface area contributed by atoms with Crippen LogP contribution >= 0.6 is 11.6 Å². The third kappa shape index (κ3) is 3.29. The summed E-state index contributed by atoms with van der Waals surface area (Å²) in [6, 6.07) is 14.6. The van der Waals surface area contributed by atoms with Gasteiger partial charge in [0, 0.05) is 28.9 Å². The lowest BCUT2D eigenvalue weighted by Gasteiger charge is -2.39. The minimum atomic E-state index is -0.165. The van der Waals surface area contributed by atoms with Gasteiger partial charge in [0.05, 0.1) is 0 Å². The summed E-state index contributed by atoms with van der Waals surface area (Å²) in [5.74, 6) is -0.241. The molecule has 0 aromatic heterocycles. The number of carbonyl (C=O) groups excluding carboxylic acids is 2. The number of halogens is 1. The maximum Gasteiger partial charge on any atom is 0.254 e. The number of carbonyl (C=O) groups is 2. The van der Waals surface area contributed by atoms with Gasteiger partial charge in [-0.1, -0.05) is 35.4 Å². The normalized spacial score (nSPS) is 18.0. The zero-order valence-corrected chi connectivity index (χ0v) is 14.5. The Morgan fingerprint density at radius 2 is 1.88 bits per heavy atom. The Bertz CT molecular complexity index is 773. The Labute approximate surface area is 146 Å². The van der Waals surface area contributed by atoms with Crippen LogP contribution in [0.5, 0.6) is 0 Å². The lowest BCUT2D eigenvalue weighted by molar-refractivity contribution is -0.121. The van der Waals surface area contributed by atoms with E-state index in [4.69, 9.17) is 11.6 Å². The third-order valence-corrected chi connectivity index (χ3v) is 4.50. The molecule has 1 atom stereocenters. The van der Waals surface area contributed by atoms with E-state index < -0.39 is 0 Å². The molecule has 0 spiro atoms. The Balaban J connectivity index is 1.79. The van der Waals surface area contributed by atoms with Gasteiger partial charge < -0.3 is 9.80 Å². The van der Waals surface area contributed by atoms with E-state index in [0.717, 1.165) is 11.3 Å². The van der Waals surface area contributed by atoms with Crippen molar-refractivity contribution in [2.24, 2.45) is 0 Å². The lowest BCUT2D eigenvalue weighted by Crippen LogP contribution is -2.57. The zero-order chi connectivity index (χ0) is 17.3. The van der Waals surface area contributed by atoms with E-state index in [1.54, 1.807) is 34.1 Å². The monoisotopic (exact) mass is 342 g/mol. The molecule has 24 heavy (non-hydrogen) atoms. The number of rotatable bonds is 2. The second-order valence-electron chi connectivity index (χ2n) is 6.13. The third-order valence-electron chi connectivity index (χ3n) is 4.26. The quantitative estimate of drug-likeness (QED) is 0.837. The summed E-state index contributed by atoms with van der Waals surface area (Å²) >= 11 is 5.96. The first kappa shape index (κ1) is 16.5. The van der Waals surface area contributed by atoms with Crippen LogP contribution in [-0.4, -0.2) is 35.8 Å². The van der Waals surface area contributed by atoms with Gasteiger partial charge in [0.25, 0.3) is 5.91 Å². The van der Waals surface area contributed by atoms with Crippen LogP contribution in [0, 0.1) is 6.92 Å². The maximum atomic E-state index is 12.7. The van der Waals surface area contributed by atoms with Crippen molar-refractivity contribution in [3.05, 3.63) is 64.7 Å². The highest BCUT2D eigenvalue weighted by atomic mass is 35.5. The molecule has 1 aliphatic rings. The number of amides is 2. The summed E-state index contributed by atoms with van der Waals surface area (Å²) in [5, 5.41) is 0.512. The summed E-state index contributed by atoms with van der Waals surface area (Å²) < 4.78 is 0. The molecule has 0 radical (unpaired) electrons. The number of anilines is 1. The van der Waals surface area contributed by atoms with E-state index in [1.807, 2.05) is 38.1 Å². The molecular formula is C19H19ClN2O2. The molecule has 2 aromatic carbocycles. The van der Waals surface area contributed by atoms with Crippen molar-refractivity contribution in [3.63, 3.8) is 0 Å². The molecule has 2 amide bonds. The van der Waals surface area contributed by atoms with Crippen LogP contribution in [0.2, 0.25) is 5.02 Å². The van der Waals surface area contributed by atoms with Crippen molar-refractivity contribution >= 4 is 29.1 Å². The standard InChI is InChI=1S/C19H19ClN2O2/c1-13-6-8-17(9-7-13)22-11-14(2)21(12-18(22)23)19(24)15-4-3-5-16(20)10-15/h3-10,14H,11-12H2,1-2H3. The minimum absolute atomic E-state index is 0.0698. The van der Waals surface area contributed by atoms with Crippen LogP contribution in [-0.2, 0) is 4.79 Å². The predicted molar refractivity (Wildman–Crippen MR) is 95.5 cm³/mol. The van der Waals surface area contributed by atoms with Crippen molar-refractivity contribution < 1.29 is 9.59 Å². The van der Waals surface area contributed by atoms with E-state index in [1.165, 1.54) is 0 Å². The van der Waals surface area contributed by atoms with Gasteiger partial charge in [-0.05, 0) is 44.2 Å².